The van der Waals surface area contributed by atoms with Crippen molar-refractivity contribution in [2.45, 2.75) is 72.3 Å². The van der Waals surface area contributed by atoms with Crippen LogP contribution in [0.3, 0.4) is 0 Å². The van der Waals surface area contributed by atoms with E-state index in [1.54, 1.807) is 13.0 Å². The van der Waals surface area contributed by atoms with Crippen LogP contribution in [-0.2, 0) is 44.9 Å². The molecular formula is C33H38N4O6. The molecule has 226 valence electrons. The van der Waals surface area contributed by atoms with E-state index in [1.807, 2.05) is 26.8 Å². The molecule has 43 heavy (non-hydrogen) atoms. The predicted molar refractivity (Wildman–Crippen MR) is 163 cm³/mol. The predicted octanol–water partition coefficient (Wildman–Crippen LogP) is 4.10. The highest BCUT2D eigenvalue weighted by molar-refractivity contribution is 6.03. The number of hydrogen-bond acceptors (Lipinski definition) is 4. The SMILES string of the molecule is C=CC1=C(C)/C(=C/c2[nH]c(Cc3[nH]c(C[C@H]4NC(=O)C(C)=C4C=C)c(C)c3CCC(=O)O)c(CCC(=O)O)c2C)NC1=O. The summed E-state index contributed by atoms with van der Waals surface area (Å²) in [6, 6.07) is -0.252. The first-order valence-electron chi connectivity index (χ1n) is 14.2. The third kappa shape index (κ3) is 6.33. The fraction of sp³-hybridized carbons (Fsp3) is 0.333. The molecular weight excluding hydrogens is 548 g/mol. The zero-order valence-corrected chi connectivity index (χ0v) is 25.0. The first kappa shape index (κ1) is 31.1. The zero-order chi connectivity index (χ0) is 31.6. The summed E-state index contributed by atoms with van der Waals surface area (Å²) in [6.07, 6.45) is 6.43. The molecule has 4 rings (SSSR count). The van der Waals surface area contributed by atoms with E-state index in [2.05, 4.69) is 33.8 Å². The number of amides is 2. The number of rotatable bonds is 13. The third-order valence-electron chi connectivity index (χ3n) is 8.49. The number of aromatic nitrogens is 2. The van der Waals surface area contributed by atoms with Gasteiger partial charge in [-0.15, -0.1) is 0 Å². The van der Waals surface area contributed by atoms with Crippen LogP contribution in [0.15, 0.2) is 53.3 Å². The van der Waals surface area contributed by atoms with Gasteiger partial charge in [-0.05, 0) is 80.0 Å². The van der Waals surface area contributed by atoms with Gasteiger partial charge in [-0.25, -0.2) is 0 Å². The van der Waals surface area contributed by atoms with Crippen LogP contribution in [0.4, 0.5) is 0 Å². The lowest BCUT2D eigenvalue weighted by Crippen LogP contribution is -2.30. The molecule has 2 aliphatic heterocycles. The van der Waals surface area contributed by atoms with Crippen LogP contribution in [0, 0.1) is 13.8 Å². The Morgan fingerprint density at radius 1 is 0.814 bits per heavy atom. The molecule has 0 radical (unpaired) electrons. The van der Waals surface area contributed by atoms with Crippen molar-refractivity contribution < 1.29 is 29.4 Å². The largest absolute Gasteiger partial charge is 0.481 e. The minimum atomic E-state index is -0.913. The van der Waals surface area contributed by atoms with Crippen LogP contribution in [0.5, 0.6) is 0 Å². The van der Waals surface area contributed by atoms with E-state index in [9.17, 15) is 29.4 Å². The molecule has 2 aromatic rings. The highest BCUT2D eigenvalue weighted by Crippen LogP contribution is 2.31. The van der Waals surface area contributed by atoms with Crippen LogP contribution < -0.4 is 10.6 Å². The van der Waals surface area contributed by atoms with Crippen molar-refractivity contribution in [3.05, 3.63) is 98.3 Å². The molecule has 0 spiro atoms. The summed E-state index contributed by atoms with van der Waals surface area (Å²) in [5, 5.41) is 24.7. The molecule has 2 aliphatic rings. The van der Waals surface area contributed by atoms with Crippen molar-refractivity contribution in [3.8, 4) is 0 Å². The molecule has 10 heteroatoms. The van der Waals surface area contributed by atoms with E-state index in [0.29, 0.717) is 42.5 Å². The van der Waals surface area contributed by atoms with Crippen molar-refractivity contribution in [1.29, 1.82) is 0 Å². The van der Waals surface area contributed by atoms with Gasteiger partial charge < -0.3 is 30.8 Å². The summed E-state index contributed by atoms with van der Waals surface area (Å²) in [4.78, 5) is 54.7. The van der Waals surface area contributed by atoms with Crippen molar-refractivity contribution >= 4 is 29.8 Å². The summed E-state index contributed by atoms with van der Waals surface area (Å²) < 4.78 is 0. The molecule has 1 atom stereocenters. The summed E-state index contributed by atoms with van der Waals surface area (Å²) >= 11 is 0. The number of hydrogen-bond donors (Lipinski definition) is 6. The van der Waals surface area contributed by atoms with E-state index < -0.39 is 11.9 Å². The smallest absolute Gasteiger partial charge is 0.303 e. The van der Waals surface area contributed by atoms with E-state index in [4.69, 9.17) is 0 Å². The molecule has 4 heterocycles. The van der Waals surface area contributed by atoms with E-state index in [1.165, 1.54) is 6.08 Å². The molecule has 2 amide bonds. The molecule has 0 aliphatic carbocycles. The van der Waals surface area contributed by atoms with Gasteiger partial charge in [0.2, 0.25) is 5.91 Å². The highest BCUT2D eigenvalue weighted by atomic mass is 16.4. The van der Waals surface area contributed by atoms with E-state index in [0.717, 1.165) is 56.2 Å². The monoisotopic (exact) mass is 586 g/mol. The normalized spacial score (nSPS) is 17.6. The highest BCUT2D eigenvalue weighted by Gasteiger charge is 2.29. The van der Waals surface area contributed by atoms with Crippen molar-refractivity contribution in [2.24, 2.45) is 0 Å². The fourth-order valence-corrected chi connectivity index (χ4v) is 5.98. The van der Waals surface area contributed by atoms with Gasteiger partial charge in [-0.1, -0.05) is 25.3 Å². The van der Waals surface area contributed by atoms with Crippen LogP contribution in [0.1, 0.15) is 71.7 Å². The molecule has 0 aromatic carbocycles. The number of aliphatic carboxylic acids is 2. The number of carbonyl (C=O) groups excluding carboxylic acids is 2. The standard InChI is InChI=1S/C33H38N4O6/c1-7-20-19(6)32(42)37-27(20)14-25-18(5)23(10-12-31(40)41)29(35-25)15-28-22(9-11-30(38)39)17(4)24(34-28)13-26-16(3)21(8-2)33(43)36-26/h7-8,13,27,34-35H,1-2,9-12,14-15H2,3-6H3,(H,36,43)(H,37,42)(H,38,39)(H,40,41)/b26-13-/t27-/m1/s1. The second kappa shape index (κ2) is 12.6. The Kier molecular flexibility index (Phi) is 9.08. The Hall–Kier alpha value is -4.86. The van der Waals surface area contributed by atoms with Gasteiger partial charge in [-0.3, -0.25) is 19.2 Å². The first-order chi connectivity index (χ1) is 20.4. The Morgan fingerprint density at radius 2 is 1.42 bits per heavy atom. The summed E-state index contributed by atoms with van der Waals surface area (Å²) in [5.41, 5.74) is 10.2. The Bertz CT molecular complexity index is 1640. The number of carboxylic acids is 2. The Morgan fingerprint density at radius 3 is 1.98 bits per heavy atom. The third-order valence-corrected chi connectivity index (χ3v) is 8.49. The number of nitrogens with one attached hydrogen (secondary N) is 4. The van der Waals surface area contributed by atoms with Gasteiger partial charge in [0, 0.05) is 65.3 Å². The van der Waals surface area contributed by atoms with Gasteiger partial charge in [0.1, 0.15) is 0 Å². The number of H-pyrrole nitrogens is 2. The van der Waals surface area contributed by atoms with E-state index >= 15 is 0 Å². The Balaban J connectivity index is 1.76. The lowest BCUT2D eigenvalue weighted by Gasteiger charge is -2.13. The maximum absolute atomic E-state index is 12.3. The summed E-state index contributed by atoms with van der Waals surface area (Å²) in [5.74, 6) is -2.18. The van der Waals surface area contributed by atoms with Crippen LogP contribution in [-0.4, -0.2) is 50.0 Å². The minimum absolute atomic E-state index is 0.0495. The van der Waals surface area contributed by atoms with Gasteiger partial charge in [0.05, 0.1) is 6.04 Å². The lowest BCUT2D eigenvalue weighted by molar-refractivity contribution is -0.138. The number of carboxylic acid groups (broad SMARTS) is 2. The van der Waals surface area contributed by atoms with Crippen LogP contribution in [0.25, 0.3) is 6.08 Å². The summed E-state index contributed by atoms with van der Waals surface area (Å²) in [7, 11) is 0. The molecule has 0 saturated heterocycles. The van der Waals surface area contributed by atoms with Crippen LogP contribution >= 0.6 is 0 Å². The van der Waals surface area contributed by atoms with Crippen molar-refractivity contribution in [2.75, 3.05) is 0 Å². The summed E-state index contributed by atoms with van der Waals surface area (Å²) in [6.45, 7) is 15.1. The van der Waals surface area contributed by atoms with Crippen LogP contribution in [0.2, 0.25) is 0 Å². The topological polar surface area (TPSA) is 164 Å². The van der Waals surface area contributed by atoms with Crippen molar-refractivity contribution in [3.63, 3.8) is 0 Å². The average Bonchev–Trinajstić information content (AvgIpc) is 3.59. The lowest BCUT2D eigenvalue weighted by atomic mass is 9.96. The zero-order valence-electron chi connectivity index (χ0n) is 25.0. The number of allylic oxidation sites excluding steroid dienone is 1. The number of aromatic amines is 2. The molecule has 10 nitrogen and oxygen atoms in total. The minimum Gasteiger partial charge on any atom is -0.481 e. The second-order valence-electron chi connectivity index (χ2n) is 11.0. The molecule has 0 saturated carbocycles. The Labute approximate surface area is 250 Å². The van der Waals surface area contributed by atoms with Gasteiger partial charge in [0.15, 0.2) is 0 Å². The molecule has 6 N–H and O–H groups in total. The maximum atomic E-state index is 12.3. The van der Waals surface area contributed by atoms with Gasteiger partial charge in [-0.2, -0.15) is 0 Å². The van der Waals surface area contributed by atoms with Gasteiger partial charge in [0.25, 0.3) is 5.91 Å². The first-order valence-corrected chi connectivity index (χ1v) is 14.2. The van der Waals surface area contributed by atoms with Crippen molar-refractivity contribution in [1.82, 2.24) is 20.6 Å². The second-order valence-corrected chi connectivity index (χ2v) is 11.0. The quantitative estimate of drug-likeness (QED) is 0.207. The molecule has 0 unspecified atom stereocenters. The molecule has 2 aromatic heterocycles. The van der Waals surface area contributed by atoms with Gasteiger partial charge >= 0.3 is 11.9 Å². The molecule has 0 fully saturated rings. The maximum Gasteiger partial charge on any atom is 0.303 e. The average molecular weight is 587 g/mol. The number of carbonyl (C=O) groups is 4. The fourth-order valence-electron chi connectivity index (χ4n) is 5.98. The van der Waals surface area contributed by atoms with E-state index in [-0.39, 0.29) is 30.7 Å². The molecule has 0 bridgehead atoms.